The van der Waals surface area contributed by atoms with Gasteiger partial charge in [0.1, 0.15) is 0 Å². The molecule has 0 saturated carbocycles. The Labute approximate surface area is 97.7 Å². The van der Waals surface area contributed by atoms with E-state index in [4.69, 9.17) is 33.3 Å². The van der Waals surface area contributed by atoms with Crippen LogP contribution in [0.3, 0.4) is 0 Å². The van der Waals surface area contributed by atoms with Gasteiger partial charge in [0, 0.05) is 0 Å². The van der Waals surface area contributed by atoms with Crippen LogP contribution in [0.1, 0.15) is 11.1 Å². The van der Waals surface area contributed by atoms with Crippen LogP contribution < -0.4 is 5.90 Å². The molecule has 1 aromatic rings. The summed E-state index contributed by atoms with van der Waals surface area (Å²) in [5.74, 6) is 3.50. The molecule has 0 aliphatic carbocycles. The van der Waals surface area contributed by atoms with Crippen LogP contribution in [0, 0.1) is 22.7 Å². The number of nitrogens with zero attached hydrogens (tertiary/aromatic N) is 2. The Bertz CT molecular complexity index is 477. The molecular weight excluding hydrogens is 250 g/mol. The minimum absolute atomic E-state index is 0.527. The topological polar surface area (TPSA) is 168 Å². The second-order valence-electron chi connectivity index (χ2n) is 2.25. The van der Waals surface area contributed by atoms with Crippen molar-refractivity contribution in [3.8, 4) is 12.1 Å². The lowest BCUT2D eigenvalue weighted by Crippen LogP contribution is -1.89. The highest BCUT2D eigenvalue weighted by Crippen LogP contribution is 2.01. The molecule has 92 valence electrons. The van der Waals surface area contributed by atoms with E-state index in [0.717, 1.165) is 0 Å². The van der Waals surface area contributed by atoms with Crippen molar-refractivity contribution in [3.05, 3.63) is 35.4 Å². The first-order chi connectivity index (χ1) is 7.86. The van der Waals surface area contributed by atoms with Crippen LogP contribution in [0.15, 0.2) is 24.3 Å². The maximum Gasteiger partial charge on any atom is 0.394 e. The Balaban J connectivity index is 0. The summed E-state index contributed by atoms with van der Waals surface area (Å²) >= 11 is 0. The van der Waals surface area contributed by atoms with E-state index in [-0.39, 0.29) is 0 Å². The second-order valence-corrected chi connectivity index (χ2v) is 3.15. The summed E-state index contributed by atoms with van der Waals surface area (Å²) in [6.07, 6.45) is 0. The van der Waals surface area contributed by atoms with Crippen molar-refractivity contribution in [2.24, 2.45) is 5.90 Å². The maximum absolute atomic E-state index is 8.74. The molecular formula is C8H9N3O5S. The quantitative estimate of drug-likeness (QED) is 0.375. The lowest BCUT2D eigenvalue weighted by atomic mass is 10.2. The first-order valence-electron chi connectivity index (χ1n) is 3.73. The first kappa shape index (κ1) is 17.4. The predicted molar refractivity (Wildman–Crippen MR) is 56.0 cm³/mol. The van der Waals surface area contributed by atoms with E-state index >= 15 is 0 Å². The average molecular weight is 259 g/mol. The van der Waals surface area contributed by atoms with Crippen molar-refractivity contribution in [1.82, 2.24) is 0 Å². The molecule has 1 rings (SSSR count). The molecule has 9 heteroatoms. The van der Waals surface area contributed by atoms with E-state index in [0.29, 0.717) is 11.1 Å². The molecule has 1 aromatic carbocycles. The monoisotopic (exact) mass is 259 g/mol. The standard InChI is InChI=1S/C8H4N2.H3NO.H2O4S/c9-5-7-2-1-3-8(4-7)6-10;1-2;1-5(2,3)4/h1-4H;2H,1H2;(H2,1,2,3,4). The fourth-order valence-corrected chi connectivity index (χ4v) is 0.658. The molecule has 0 atom stereocenters. The lowest BCUT2D eigenvalue weighted by Gasteiger charge is -1.86. The van der Waals surface area contributed by atoms with Gasteiger partial charge in [-0.05, 0) is 18.2 Å². The third kappa shape index (κ3) is 14.0. The first-order valence-corrected chi connectivity index (χ1v) is 5.12. The molecule has 5 N–H and O–H groups in total. The zero-order valence-corrected chi connectivity index (χ0v) is 9.16. The zero-order chi connectivity index (χ0) is 13.9. The van der Waals surface area contributed by atoms with E-state index in [1.54, 1.807) is 24.3 Å². The van der Waals surface area contributed by atoms with Crippen LogP contribution in [0.5, 0.6) is 0 Å². The SMILES string of the molecule is N#Cc1cccc(C#N)c1.NO.O=S(=O)(O)O. The molecule has 0 heterocycles. The molecule has 0 aromatic heterocycles. The van der Waals surface area contributed by atoms with Gasteiger partial charge in [-0.3, -0.25) is 9.11 Å². The van der Waals surface area contributed by atoms with E-state index < -0.39 is 10.4 Å². The minimum atomic E-state index is -4.67. The van der Waals surface area contributed by atoms with E-state index in [1.165, 1.54) is 0 Å². The molecule has 0 fully saturated rings. The molecule has 0 aliphatic heterocycles. The normalized spacial score (nSPS) is 8.35. The van der Waals surface area contributed by atoms with Gasteiger partial charge in [-0.1, -0.05) is 6.07 Å². The third-order valence-electron chi connectivity index (χ3n) is 1.12. The Morgan fingerprint density at radius 3 is 1.59 bits per heavy atom. The van der Waals surface area contributed by atoms with Gasteiger partial charge in [0.25, 0.3) is 0 Å². The highest BCUT2D eigenvalue weighted by molar-refractivity contribution is 7.79. The van der Waals surface area contributed by atoms with Gasteiger partial charge in [-0.25, -0.2) is 5.90 Å². The summed E-state index contributed by atoms with van der Waals surface area (Å²) < 4.78 is 31.6. The summed E-state index contributed by atoms with van der Waals surface area (Å²) in [5.41, 5.74) is 1.05. The molecule has 0 radical (unpaired) electrons. The highest BCUT2D eigenvalue weighted by atomic mass is 32.3. The summed E-state index contributed by atoms with van der Waals surface area (Å²) in [6, 6.07) is 10.5. The van der Waals surface area contributed by atoms with Crippen LogP contribution in [0.4, 0.5) is 0 Å². The second kappa shape index (κ2) is 9.23. The van der Waals surface area contributed by atoms with E-state index in [9.17, 15) is 0 Å². The van der Waals surface area contributed by atoms with E-state index in [2.05, 4.69) is 5.90 Å². The molecule has 0 amide bonds. The Kier molecular flexibility index (Phi) is 9.44. The molecule has 8 nitrogen and oxygen atoms in total. The highest BCUT2D eigenvalue weighted by Gasteiger charge is 1.90. The lowest BCUT2D eigenvalue weighted by molar-refractivity contribution is 0.311. The number of hydrogen-bond acceptors (Lipinski definition) is 6. The zero-order valence-electron chi connectivity index (χ0n) is 8.35. The summed E-state index contributed by atoms with van der Waals surface area (Å²) in [5, 5.41) is 23.3. The van der Waals surface area contributed by atoms with Crippen LogP contribution >= 0.6 is 0 Å². The molecule has 0 saturated heterocycles. The third-order valence-corrected chi connectivity index (χ3v) is 1.12. The fraction of sp³-hybridized carbons (Fsp3) is 0. The van der Waals surface area contributed by atoms with Crippen molar-refractivity contribution < 1.29 is 22.7 Å². The molecule has 17 heavy (non-hydrogen) atoms. The van der Waals surface area contributed by atoms with Crippen LogP contribution in [-0.2, 0) is 10.4 Å². The van der Waals surface area contributed by atoms with Crippen LogP contribution in [0.25, 0.3) is 0 Å². The fourth-order valence-electron chi connectivity index (χ4n) is 0.658. The van der Waals surface area contributed by atoms with Crippen molar-refractivity contribution >= 4 is 10.4 Å². The van der Waals surface area contributed by atoms with Crippen molar-refractivity contribution in [1.29, 1.82) is 10.5 Å². The number of nitriles is 2. The molecule has 0 unspecified atom stereocenters. The van der Waals surface area contributed by atoms with Crippen molar-refractivity contribution in [3.63, 3.8) is 0 Å². The molecule has 0 bridgehead atoms. The van der Waals surface area contributed by atoms with E-state index in [1.807, 2.05) is 12.1 Å². The Morgan fingerprint density at radius 2 is 1.35 bits per heavy atom. The van der Waals surface area contributed by atoms with Gasteiger partial charge >= 0.3 is 10.4 Å². The largest absolute Gasteiger partial charge is 0.394 e. The summed E-state index contributed by atoms with van der Waals surface area (Å²) in [6.45, 7) is 0. The van der Waals surface area contributed by atoms with Gasteiger partial charge in [0.15, 0.2) is 0 Å². The van der Waals surface area contributed by atoms with Gasteiger partial charge < -0.3 is 5.21 Å². The number of nitrogens with two attached hydrogens (primary N) is 1. The number of hydrogen-bond donors (Lipinski definition) is 4. The van der Waals surface area contributed by atoms with Crippen molar-refractivity contribution in [2.45, 2.75) is 0 Å². The molecule has 0 spiro atoms. The predicted octanol–water partition coefficient (Wildman–Crippen LogP) is 0.111. The summed E-state index contributed by atoms with van der Waals surface area (Å²) in [7, 11) is -4.67. The average Bonchev–Trinajstić information content (AvgIpc) is 2.29. The van der Waals surface area contributed by atoms with Gasteiger partial charge in [-0.2, -0.15) is 18.9 Å². The Hall–Kier alpha value is -2.01. The van der Waals surface area contributed by atoms with Gasteiger partial charge in [-0.15, -0.1) is 0 Å². The van der Waals surface area contributed by atoms with Gasteiger partial charge in [0.05, 0.1) is 23.3 Å². The molecule has 0 aliphatic rings. The number of rotatable bonds is 0. The van der Waals surface area contributed by atoms with Gasteiger partial charge in [0.2, 0.25) is 0 Å². The smallest absolute Gasteiger partial charge is 0.320 e. The maximum atomic E-state index is 8.74. The van der Waals surface area contributed by atoms with Crippen LogP contribution in [-0.4, -0.2) is 22.7 Å². The minimum Gasteiger partial charge on any atom is -0.320 e. The summed E-state index contributed by atoms with van der Waals surface area (Å²) in [4.78, 5) is 0. The Morgan fingerprint density at radius 1 is 1.06 bits per heavy atom. The van der Waals surface area contributed by atoms with Crippen LogP contribution in [0.2, 0.25) is 0 Å². The van der Waals surface area contributed by atoms with Crippen molar-refractivity contribution in [2.75, 3.05) is 0 Å². The number of benzene rings is 1.